The summed E-state index contributed by atoms with van der Waals surface area (Å²) in [5.74, 6) is 2.31. The molecule has 4 heterocycles. The number of carbonyl (C=O) groups excluding carboxylic acids is 1. The molecule has 1 aliphatic heterocycles. The molecule has 0 unspecified atom stereocenters. The number of amides is 1. The molecule has 1 saturated heterocycles. The third kappa shape index (κ3) is 3.96. The molecule has 9 heteroatoms. The maximum Gasteiger partial charge on any atom is 0.256 e. The first-order valence-electron chi connectivity index (χ1n) is 9.97. The van der Waals surface area contributed by atoms with E-state index in [0.29, 0.717) is 43.3 Å². The Morgan fingerprint density at radius 1 is 1.00 bits per heavy atom. The lowest BCUT2D eigenvalue weighted by atomic mass is 10.2. The second-order valence-electron chi connectivity index (χ2n) is 7.48. The highest BCUT2D eigenvalue weighted by Gasteiger charge is 2.23. The number of rotatable bonds is 4. The van der Waals surface area contributed by atoms with E-state index in [-0.39, 0.29) is 18.0 Å². The summed E-state index contributed by atoms with van der Waals surface area (Å²) in [6.07, 6.45) is 5.35. The molecule has 9 nitrogen and oxygen atoms in total. The molecule has 1 aliphatic rings. The highest BCUT2D eigenvalue weighted by atomic mass is 16.2. The first-order valence-corrected chi connectivity index (χ1v) is 9.97. The molecule has 0 aromatic carbocycles. The minimum Gasteiger partial charge on any atom is -0.353 e. The van der Waals surface area contributed by atoms with E-state index < -0.39 is 0 Å². The van der Waals surface area contributed by atoms with Crippen LogP contribution in [0.2, 0.25) is 0 Å². The van der Waals surface area contributed by atoms with Crippen LogP contribution in [-0.2, 0) is 11.3 Å². The standard InChI is InChI=1S/C21H25N7O2/c1-15-16(2)22-14-28(21(15)30)13-20(29)27-10-8-26(9-11-27)19-12-18(23-17(3)24-19)25-6-4-5-7-25/h4-7,12,14H,8-11,13H2,1-3H3. The Morgan fingerprint density at radius 2 is 1.67 bits per heavy atom. The van der Waals surface area contributed by atoms with Gasteiger partial charge in [-0.2, -0.15) is 0 Å². The third-order valence-electron chi connectivity index (χ3n) is 5.46. The molecule has 156 valence electrons. The zero-order valence-corrected chi connectivity index (χ0v) is 17.4. The van der Waals surface area contributed by atoms with Gasteiger partial charge >= 0.3 is 0 Å². The third-order valence-corrected chi connectivity index (χ3v) is 5.46. The van der Waals surface area contributed by atoms with Gasteiger partial charge in [-0.1, -0.05) is 0 Å². The molecule has 3 aromatic rings. The van der Waals surface area contributed by atoms with Gasteiger partial charge < -0.3 is 14.4 Å². The minimum atomic E-state index is -0.163. The molecule has 0 atom stereocenters. The van der Waals surface area contributed by atoms with Crippen molar-refractivity contribution in [1.82, 2.24) is 29.0 Å². The molecular formula is C21H25N7O2. The Balaban J connectivity index is 1.42. The summed E-state index contributed by atoms with van der Waals surface area (Å²) >= 11 is 0. The van der Waals surface area contributed by atoms with Crippen molar-refractivity contribution in [3.63, 3.8) is 0 Å². The molecular weight excluding hydrogens is 382 g/mol. The van der Waals surface area contributed by atoms with E-state index in [1.54, 1.807) is 18.7 Å². The topological polar surface area (TPSA) is 89.2 Å². The average molecular weight is 407 g/mol. The second-order valence-corrected chi connectivity index (χ2v) is 7.48. The molecule has 1 amide bonds. The quantitative estimate of drug-likeness (QED) is 0.643. The second kappa shape index (κ2) is 8.10. The van der Waals surface area contributed by atoms with E-state index >= 15 is 0 Å². The molecule has 4 rings (SSSR count). The summed E-state index contributed by atoms with van der Waals surface area (Å²) < 4.78 is 3.33. The van der Waals surface area contributed by atoms with Crippen LogP contribution in [0.4, 0.5) is 5.82 Å². The smallest absolute Gasteiger partial charge is 0.256 e. The van der Waals surface area contributed by atoms with Crippen LogP contribution in [0.15, 0.2) is 41.7 Å². The molecule has 0 bridgehead atoms. The van der Waals surface area contributed by atoms with Crippen LogP contribution in [0.1, 0.15) is 17.1 Å². The average Bonchev–Trinajstić information content (AvgIpc) is 3.29. The zero-order chi connectivity index (χ0) is 21.3. The van der Waals surface area contributed by atoms with Crippen LogP contribution in [0.25, 0.3) is 5.82 Å². The monoisotopic (exact) mass is 407 g/mol. The summed E-state index contributed by atoms with van der Waals surface area (Å²) in [6.45, 7) is 7.92. The van der Waals surface area contributed by atoms with E-state index in [9.17, 15) is 9.59 Å². The first-order chi connectivity index (χ1) is 14.4. The van der Waals surface area contributed by atoms with E-state index in [4.69, 9.17) is 0 Å². The summed E-state index contributed by atoms with van der Waals surface area (Å²) in [5.41, 5.74) is 1.10. The number of aryl methyl sites for hydroxylation is 2. The van der Waals surface area contributed by atoms with Crippen LogP contribution in [0.5, 0.6) is 0 Å². The van der Waals surface area contributed by atoms with Gasteiger partial charge in [0, 0.05) is 55.9 Å². The number of carbonyl (C=O) groups is 1. The van der Waals surface area contributed by atoms with Crippen LogP contribution in [-0.4, -0.2) is 61.1 Å². The van der Waals surface area contributed by atoms with Gasteiger partial charge in [0.25, 0.3) is 5.56 Å². The number of anilines is 1. The Morgan fingerprint density at radius 3 is 2.37 bits per heavy atom. The Hall–Kier alpha value is -3.49. The number of hydrogen-bond acceptors (Lipinski definition) is 6. The van der Waals surface area contributed by atoms with Gasteiger partial charge in [0.1, 0.15) is 24.0 Å². The van der Waals surface area contributed by atoms with Crippen molar-refractivity contribution in [2.45, 2.75) is 27.3 Å². The van der Waals surface area contributed by atoms with Crippen molar-refractivity contribution < 1.29 is 4.79 Å². The van der Waals surface area contributed by atoms with Gasteiger partial charge in [0.05, 0.1) is 6.33 Å². The van der Waals surface area contributed by atoms with Crippen molar-refractivity contribution in [1.29, 1.82) is 0 Å². The summed E-state index contributed by atoms with van der Waals surface area (Å²) in [4.78, 5) is 42.3. The van der Waals surface area contributed by atoms with E-state index in [2.05, 4.69) is 19.9 Å². The lowest BCUT2D eigenvalue weighted by molar-refractivity contribution is -0.132. The predicted octanol–water partition coefficient (Wildman–Crippen LogP) is 1.10. The van der Waals surface area contributed by atoms with Gasteiger partial charge in [-0.05, 0) is 32.9 Å². The molecule has 0 N–H and O–H groups in total. The van der Waals surface area contributed by atoms with Crippen molar-refractivity contribution in [3.05, 3.63) is 64.4 Å². The number of hydrogen-bond donors (Lipinski definition) is 0. The van der Waals surface area contributed by atoms with E-state index in [0.717, 1.165) is 11.6 Å². The maximum absolute atomic E-state index is 12.7. The molecule has 30 heavy (non-hydrogen) atoms. The maximum atomic E-state index is 12.7. The van der Waals surface area contributed by atoms with Gasteiger partial charge in [-0.3, -0.25) is 14.2 Å². The number of piperazine rings is 1. The molecule has 0 aliphatic carbocycles. The van der Waals surface area contributed by atoms with Crippen molar-refractivity contribution in [2.75, 3.05) is 31.1 Å². The normalized spacial score (nSPS) is 14.2. The van der Waals surface area contributed by atoms with Crippen LogP contribution < -0.4 is 10.5 Å². The van der Waals surface area contributed by atoms with Crippen molar-refractivity contribution >= 4 is 11.7 Å². The highest BCUT2D eigenvalue weighted by molar-refractivity contribution is 5.76. The van der Waals surface area contributed by atoms with E-state index in [1.807, 2.05) is 42.1 Å². The van der Waals surface area contributed by atoms with Crippen molar-refractivity contribution in [3.8, 4) is 5.82 Å². The summed E-state index contributed by atoms with van der Waals surface area (Å²) in [5, 5.41) is 0. The Labute approximate surface area is 174 Å². The summed E-state index contributed by atoms with van der Waals surface area (Å²) in [7, 11) is 0. The van der Waals surface area contributed by atoms with Crippen LogP contribution >= 0.6 is 0 Å². The van der Waals surface area contributed by atoms with Crippen molar-refractivity contribution in [2.24, 2.45) is 0 Å². The lowest BCUT2D eigenvalue weighted by Crippen LogP contribution is -2.50. The van der Waals surface area contributed by atoms with Crippen LogP contribution in [0, 0.1) is 20.8 Å². The fourth-order valence-corrected chi connectivity index (χ4v) is 3.54. The minimum absolute atomic E-state index is 0.0113. The highest BCUT2D eigenvalue weighted by Crippen LogP contribution is 2.18. The van der Waals surface area contributed by atoms with Gasteiger partial charge in [-0.15, -0.1) is 0 Å². The molecule has 1 fully saturated rings. The van der Waals surface area contributed by atoms with Crippen LogP contribution in [0.3, 0.4) is 0 Å². The number of aromatic nitrogens is 5. The van der Waals surface area contributed by atoms with E-state index in [1.165, 1.54) is 10.9 Å². The zero-order valence-electron chi connectivity index (χ0n) is 17.4. The molecule has 0 spiro atoms. The Bertz CT molecular complexity index is 1110. The lowest BCUT2D eigenvalue weighted by Gasteiger charge is -2.35. The van der Waals surface area contributed by atoms with Gasteiger partial charge in [-0.25, -0.2) is 15.0 Å². The fraction of sp³-hybridized carbons (Fsp3) is 0.381. The predicted molar refractivity (Wildman–Crippen MR) is 113 cm³/mol. The number of nitrogens with zero attached hydrogens (tertiary/aromatic N) is 7. The molecule has 0 saturated carbocycles. The largest absolute Gasteiger partial charge is 0.353 e. The molecule has 3 aromatic heterocycles. The fourth-order valence-electron chi connectivity index (χ4n) is 3.54. The van der Waals surface area contributed by atoms with Gasteiger partial charge in [0.2, 0.25) is 5.91 Å². The SMILES string of the molecule is Cc1nc(N2CCN(C(=O)Cn3cnc(C)c(C)c3=O)CC2)cc(-n2cccc2)n1. The van der Waals surface area contributed by atoms with Gasteiger partial charge in [0.15, 0.2) is 0 Å². The Kier molecular flexibility index (Phi) is 5.35. The first kappa shape index (κ1) is 19.8. The summed E-state index contributed by atoms with van der Waals surface area (Å²) in [6, 6.07) is 5.88. The molecule has 0 radical (unpaired) electrons.